The first-order valence-electron chi connectivity index (χ1n) is 11.4. The van der Waals surface area contributed by atoms with Crippen LogP contribution in [0.15, 0.2) is 61.2 Å². The summed E-state index contributed by atoms with van der Waals surface area (Å²) < 4.78 is 26.1. The molecule has 0 bridgehead atoms. The number of halogens is 2. The average molecular weight is 475 g/mol. The van der Waals surface area contributed by atoms with E-state index in [2.05, 4.69) is 36.8 Å². The van der Waals surface area contributed by atoms with Crippen molar-refractivity contribution < 1.29 is 13.6 Å². The third-order valence-corrected chi connectivity index (χ3v) is 6.17. The van der Waals surface area contributed by atoms with Crippen molar-refractivity contribution in [3.05, 3.63) is 78.0 Å². The predicted molar refractivity (Wildman–Crippen MR) is 130 cm³/mol. The summed E-state index contributed by atoms with van der Waals surface area (Å²) in [5.41, 5.74) is 2.69. The Morgan fingerprint density at radius 3 is 2.63 bits per heavy atom. The van der Waals surface area contributed by atoms with Gasteiger partial charge in [0, 0.05) is 73.0 Å². The molecule has 0 amide bonds. The van der Waals surface area contributed by atoms with Crippen LogP contribution in [-0.2, 0) is 6.42 Å². The Hall–Kier alpha value is -3.85. The van der Waals surface area contributed by atoms with E-state index in [4.69, 9.17) is 0 Å². The van der Waals surface area contributed by atoms with Crippen molar-refractivity contribution in [2.45, 2.75) is 12.8 Å². The lowest BCUT2D eigenvalue weighted by atomic mass is 10.1. The summed E-state index contributed by atoms with van der Waals surface area (Å²) in [6.07, 6.45) is 3.52. The van der Waals surface area contributed by atoms with Crippen LogP contribution in [0.5, 0.6) is 0 Å². The van der Waals surface area contributed by atoms with Crippen LogP contribution in [-0.4, -0.2) is 63.8 Å². The van der Waals surface area contributed by atoms with Gasteiger partial charge in [-0.05, 0) is 43.4 Å². The second-order valence-corrected chi connectivity index (χ2v) is 8.67. The van der Waals surface area contributed by atoms with Gasteiger partial charge in [-0.2, -0.15) is 0 Å². The van der Waals surface area contributed by atoms with Crippen molar-refractivity contribution in [1.29, 1.82) is 0 Å². The number of rotatable bonds is 6. The molecule has 0 unspecified atom stereocenters. The molecule has 5 heterocycles. The number of ketones is 1. The standard InChI is InChI=1S/C26H24F2N6O/c1-33-6-8-34(9-7-33)25-11-17(4-5-30-25)24(35)13-21-12-23-18(16-31-21)2-3-22(32-23)19-10-20(26(27)28)15-29-14-19/h2-5,10-12,14-16,26H,6-9,13H2,1H3. The molecular weight excluding hydrogens is 450 g/mol. The van der Waals surface area contributed by atoms with Gasteiger partial charge >= 0.3 is 0 Å². The molecule has 178 valence electrons. The second kappa shape index (κ2) is 9.79. The molecule has 0 N–H and O–H groups in total. The van der Waals surface area contributed by atoms with E-state index >= 15 is 0 Å². The number of likely N-dealkylation sites (N-methyl/N-ethyl adjacent to an activating group) is 1. The number of aromatic nitrogens is 4. The van der Waals surface area contributed by atoms with E-state index in [1.165, 1.54) is 12.3 Å². The van der Waals surface area contributed by atoms with Gasteiger partial charge in [-0.1, -0.05) is 0 Å². The fourth-order valence-electron chi connectivity index (χ4n) is 4.10. The van der Waals surface area contributed by atoms with E-state index in [0.29, 0.717) is 28.0 Å². The van der Waals surface area contributed by atoms with Crippen molar-refractivity contribution in [2.24, 2.45) is 0 Å². The Morgan fingerprint density at radius 2 is 1.83 bits per heavy atom. The van der Waals surface area contributed by atoms with Gasteiger partial charge in [0.2, 0.25) is 0 Å². The fraction of sp³-hybridized carbons (Fsp3) is 0.269. The number of anilines is 1. The Bertz CT molecular complexity index is 1370. The molecular formula is C26H24F2N6O. The summed E-state index contributed by atoms with van der Waals surface area (Å²) in [5.74, 6) is 0.751. The normalized spacial score (nSPS) is 14.6. The molecule has 4 aromatic heterocycles. The molecule has 0 radical (unpaired) electrons. The predicted octanol–water partition coefficient (Wildman–Crippen LogP) is 4.20. The molecule has 1 fully saturated rings. The van der Waals surface area contributed by atoms with Crippen LogP contribution in [0.25, 0.3) is 22.2 Å². The fourth-order valence-corrected chi connectivity index (χ4v) is 4.10. The largest absolute Gasteiger partial charge is 0.354 e. The lowest BCUT2D eigenvalue weighted by Gasteiger charge is -2.33. The van der Waals surface area contributed by atoms with Gasteiger partial charge in [0.1, 0.15) is 5.82 Å². The van der Waals surface area contributed by atoms with Gasteiger partial charge in [-0.15, -0.1) is 0 Å². The van der Waals surface area contributed by atoms with E-state index in [9.17, 15) is 13.6 Å². The Morgan fingerprint density at radius 1 is 1.00 bits per heavy atom. The van der Waals surface area contributed by atoms with Crippen LogP contribution in [0.4, 0.5) is 14.6 Å². The molecule has 9 heteroatoms. The summed E-state index contributed by atoms with van der Waals surface area (Å²) in [4.78, 5) is 34.9. The smallest absolute Gasteiger partial charge is 0.265 e. The number of carbonyl (C=O) groups excluding carboxylic acids is 1. The number of piperazine rings is 1. The van der Waals surface area contributed by atoms with Crippen LogP contribution in [0.1, 0.15) is 28.0 Å². The highest BCUT2D eigenvalue weighted by molar-refractivity contribution is 5.98. The molecule has 1 saturated heterocycles. The highest BCUT2D eigenvalue weighted by Gasteiger charge is 2.17. The van der Waals surface area contributed by atoms with Crippen molar-refractivity contribution in [3.8, 4) is 11.3 Å². The molecule has 1 aliphatic heterocycles. The van der Waals surface area contributed by atoms with E-state index < -0.39 is 6.43 Å². The monoisotopic (exact) mass is 474 g/mol. The van der Waals surface area contributed by atoms with Gasteiger partial charge in [0.25, 0.3) is 6.43 Å². The van der Waals surface area contributed by atoms with E-state index in [0.717, 1.165) is 43.6 Å². The third kappa shape index (κ3) is 5.14. The maximum atomic E-state index is 13.1. The van der Waals surface area contributed by atoms with E-state index in [-0.39, 0.29) is 17.8 Å². The van der Waals surface area contributed by atoms with E-state index in [1.807, 2.05) is 12.1 Å². The maximum Gasteiger partial charge on any atom is 0.265 e. The summed E-state index contributed by atoms with van der Waals surface area (Å²) in [6, 6.07) is 10.3. The molecule has 1 aliphatic rings. The van der Waals surface area contributed by atoms with Gasteiger partial charge in [-0.25, -0.2) is 18.7 Å². The Labute approximate surface area is 201 Å². The number of nitrogens with zero attached hydrogens (tertiary/aromatic N) is 6. The highest BCUT2D eigenvalue weighted by atomic mass is 19.3. The van der Waals surface area contributed by atoms with Crippen molar-refractivity contribution >= 4 is 22.5 Å². The number of Topliss-reactive ketones (excluding diaryl/α,β-unsaturated/α-hetero) is 1. The first-order chi connectivity index (χ1) is 17.0. The molecule has 5 rings (SSSR count). The van der Waals surface area contributed by atoms with Crippen LogP contribution in [0.3, 0.4) is 0 Å². The van der Waals surface area contributed by atoms with Gasteiger partial charge < -0.3 is 9.80 Å². The van der Waals surface area contributed by atoms with Crippen LogP contribution in [0.2, 0.25) is 0 Å². The summed E-state index contributed by atoms with van der Waals surface area (Å²) in [6.45, 7) is 3.66. The number of pyridine rings is 4. The quantitative estimate of drug-likeness (QED) is 0.388. The van der Waals surface area contributed by atoms with Crippen LogP contribution in [0, 0.1) is 0 Å². The molecule has 4 aromatic rings. The average Bonchev–Trinajstić information content (AvgIpc) is 2.89. The Balaban J connectivity index is 1.36. The number of hydrogen-bond donors (Lipinski definition) is 0. The molecule has 0 saturated carbocycles. The second-order valence-electron chi connectivity index (χ2n) is 8.67. The molecule has 0 aliphatic carbocycles. The number of hydrogen-bond acceptors (Lipinski definition) is 7. The zero-order valence-corrected chi connectivity index (χ0v) is 19.2. The SMILES string of the molecule is CN1CCN(c2cc(C(=O)Cc3cc4nc(-c5cncc(C(F)F)c5)ccc4cn3)ccn2)CC1. The van der Waals surface area contributed by atoms with Gasteiger partial charge in [0.15, 0.2) is 5.78 Å². The lowest BCUT2D eigenvalue weighted by Crippen LogP contribution is -2.44. The summed E-state index contributed by atoms with van der Waals surface area (Å²) in [7, 11) is 2.09. The van der Waals surface area contributed by atoms with E-state index in [1.54, 1.807) is 30.6 Å². The third-order valence-electron chi connectivity index (χ3n) is 6.17. The molecule has 0 atom stereocenters. The zero-order chi connectivity index (χ0) is 24.4. The number of alkyl halides is 2. The highest BCUT2D eigenvalue weighted by Crippen LogP contribution is 2.25. The topological polar surface area (TPSA) is 75.1 Å². The van der Waals surface area contributed by atoms with Crippen molar-refractivity contribution in [1.82, 2.24) is 24.8 Å². The first-order valence-corrected chi connectivity index (χ1v) is 11.4. The van der Waals surface area contributed by atoms with Crippen LogP contribution >= 0.6 is 0 Å². The molecule has 35 heavy (non-hydrogen) atoms. The van der Waals surface area contributed by atoms with Crippen LogP contribution < -0.4 is 4.90 Å². The number of carbonyl (C=O) groups is 1. The maximum absolute atomic E-state index is 13.1. The molecule has 7 nitrogen and oxygen atoms in total. The minimum absolute atomic E-state index is 0.0559. The molecule has 0 spiro atoms. The minimum Gasteiger partial charge on any atom is -0.354 e. The first kappa shape index (κ1) is 22.9. The van der Waals surface area contributed by atoms with Gasteiger partial charge in [0.05, 0.1) is 23.3 Å². The van der Waals surface area contributed by atoms with Gasteiger partial charge in [-0.3, -0.25) is 14.8 Å². The zero-order valence-electron chi connectivity index (χ0n) is 19.2. The molecule has 0 aromatic carbocycles. The minimum atomic E-state index is -2.60. The lowest BCUT2D eigenvalue weighted by molar-refractivity contribution is 0.0992. The summed E-state index contributed by atoms with van der Waals surface area (Å²) >= 11 is 0. The van der Waals surface area contributed by atoms with Crippen molar-refractivity contribution in [2.75, 3.05) is 38.1 Å². The van der Waals surface area contributed by atoms with Crippen molar-refractivity contribution in [3.63, 3.8) is 0 Å². The number of fused-ring (bicyclic) bond motifs is 1. The Kier molecular flexibility index (Phi) is 6.41. The summed E-state index contributed by atoms with van der Waals surface area (Å²) in [5, 5.41) is 0.796.